The highest BCUT2D eigenvalue weighted by Crippen LogP contribution is 2.26. The van der Waals surface area contributed by atoms with Gasteiger partial charge < -0.3 is 10.5 Å². The molecule has 2 N–H and O–H groups in total. The lowest BCUT2D eigenvalue weighted by Gasteiger charge is -2.20. The molecule has 1 saturated carbocycles. The van der Waals surface area contributed by atoms with E-state index in [9.17, 15) is 0 Å². The van der Waals surface area contributed by atoms with E-state index in [2.05, 4.69) is 11.0 Å². The van der Waals surface area contributed by atoms with Gasteiger partial charge in [-0.2, -0.15) is 5.26 Å². The van der Waals surface area contributed by atoms with Crippen molar-refractivity contribution in [3.05, 3.63) is 24.3 Å². The third kappa shape index (κ3) is 3.94. The summed E-state index contributed by atoms with van der Waals surface area (Å²) in [6, 6.07) is 10.3. The van der Waals surface area contributed by atoms with Crippen LogP contribution in [0.3, 0.4) is 0 Å². The predicted octanol–water partition coefficient (Wildman–Crippen LogP) is 2.03. The van der Waals surface area contributed by atoms with Crippen LogP contribution in [0.2, 0.25) is 0 Å². The second-order valence-corrected chi connectivity index (χ2v) is 4.60. The van der Waals surface area contributed by atoms with Gasteiger partial charge in [-0.1, -0.05) is 6.07 Å². The smallest absolute Gasteiger partial charge is 0.121 e. The van der Waals surface area contributed by atoms with Crippen LogP contribution in [-0.2, 0) is 0 Å². The van der Waals surface area contributed by atoms with Gasteiger partial charge in [-0.3, -0.25) is 4.90 Å². The monoisotopic (exact) mass is 245 g/mol. The molecule has 18 heavy (non-hydrogen) atoms. The molecular weight excluding hydrogens is 226 g/mol. The van der Waals surface area contributed by atoms with Gasteiger partial charge in [0.1, 0.15) is 12.4 Å². The van der Waals surface area contributed by atoms with E-state index in [1.165, 1.54) is 12.8 Å². The summed E-state index contributed by atoms with van der Waals surface area (Å²) >= 11 is 0. The first-order valence-electron chi connectivity index (χ1n) is 6.39. The van der Waals surface area contributed by atoms with Crippen LogP contribution in [0.4, 0.5) is 5.69 Å². The minimum atomic E-state index is 0.592. The molecule has 0 atom stereocenters. The number of nitriles is 1. The fourth-order valence-corrected chi connectivity index (χ4v) is 2.00. The summed E-state index contributed by atoms with van der Waals surface area (Å²) < 4.78 is 5.67. The standard InChI is InChI=1S/C14H19N3O/c15-7-2-8-17(13-5-6-13)9-10-18-14-4-1-3-12(16)11-14/h1,3-4,11,13H,2,5-6,8-10,16H2. The number of hydrogen-bond acceptors (Lipinski definition) is 4. The van der Waals surface area contributed by atoms with E-state index in [1.807, 2.05) is 24.3 Å². The minimum Gasteiger partial charge on any atom is -0.492 e. The van der Waals surface area contributed by atoms with Gasteiger partial charge in [-0.05, 0) is 25.0 Å². The predicted molar refractivity (Wildman–Crippen MR) is 71.2 cm³/mol. The molecule has 0 saturated heterocycles. The molecule has 1 fully saturated rings. The van der Waals surface area contributed by atoms with Crippen molar-refractivity contribution >= 4 is 5.69 Å². The van der Waals surface area contributed by atoms with Crippen molar-refractivity contribution in [3.63, 3.8) is 0 Å². The average Bonchev–Trinajstić information content (AvgIpc) is 3.18. The molecular formula is C14H19N3O. The maximum Gasteiger partial charge on any atom is 0.121 e. The fourth-order valence-electron chi connectivity index (χ4n) is 2.00. The normalized spacial score (nSPS) is 14.4. The van der Waals surface area contributed by atoms with Crippen LogP contribution in [0.1, 0.15) is 19.3 Å². The molecule has 0 amide bonds. The lowest BCUT2D eigenvalue weighted by molar-refractivity contribution is 0.205. The van der Waals surface area contributed by atoms with Gasteiger partial charge in [0.05, 0.1) is 6.07 Å². The third-order valence-corrected chi connectivity index (χ3v) is 3.08. The van der Waals surface area contributed by atoms with Crippen LogP contribution >= 0.6 is 0 Å². The van der Waals surface area contributed by atoms with Crippen molar-refractivity contribution in [2.75, 3.05) is 25.4 Å². The lowest BCUT2D eigenvalue weighted by atomic mass is 10.3. The highest BCUT2D eigenvalue weighted by molar-refractivity contribution is 5.43. The number of benzene rings is 1. The van der Waals surface area contributed by atoms with Crippen molar-refractivity contribution in [1.82, 2.24) is 4.90 Å². The number of nitrogen functional groups attached to an aromatic ring is 1. The Morgan fingerprint density at radius 1 is 1.39 bits per heavy atom. The molecule has 0 radical (unpaired) electrons. The van der Waals surface area contributed by atoms with Gasteiger partial charge >= 0.3 is 0 Å². The van der Waals surface area contributed by atoms with Gasteiger partial charge in [-0.25, -0.2) is 0 Å². The summed E-state index contributed by atoms with van der Waals surface area (Å²) in [6.45, 7) is 2.37. The molecule has 0 spiro atoms. The molecule has 0 aliphatic heterocycles. The first kappa shape index (κ1) is 12.7. The summed E-state index contributed by atoms with van der Waals surface area (Å²) in [6.07, 6.45) is 3.10. The van der Waals surface area contributed by atoms with Crippen molar-refractivity contribution in [1.29, 1.82) is 5.26 Å². The maximum absolute atomic E-state index is 8.63. The molecule has 0 bridgehead atoms. The SMILES string of the molecule is N#CCCN(CCOc1cccc(N)c1)C1CC1. The molecule has 0 unspecified atom stereocenters. The van der Waals surface area contributed by atoms with E-state index in [0.29, 0.717) is 19.1 Å². The molecule has 0 heterocycles. The number of ether oxygens (including phenoxy) is 1. The van der Waals surface area contributed by atoms with E-state index in [4.69, 9.17) is 15.7 Å². The van der Waals surface area contributed by atoms with Gasteiger partial charge in [0.2, 0.25) is 0 Å². The Hall–Kier alpha value is -1.73. The van der Waals surface area contributed by atoms with Crippen LogP contribution < -0.4 is 10.5 Å². The summed E-state index contributed by atoms with van der Waals surface area (Å²) in [4.78, 5) is 2.34. The zero-order chi connectivity index (χ0) is 12.8. The van der Waals surface area contributed by atoms with Gasteiger partial charge in [0.15, 0.2) is 0 Å². The molecule has 1 aromatic carbocycles. The Balaban J connectivity index is 1.74. The van der Waals surface area contributed by atoms with Crippen LogP contribution in [-0.4, -0.2) is 30.6 Å². The Labute approximate surface area is 108 Å². The number of anilines is 1. The van der Waals surface area contributed by atoms with E-state index >= 15 is 0 Å². The van der Waals surface area contributed by atoms with Gasteiger partial charge in [-0.15, -0.1) is 0 Å². The third-order valence-electron chi connectivity index (χ3n) is 3.08. The Morgan fingerprint density at radius 2 is 2.22 bits per heavy atom. The minimum absolute atomic E-state index is 0.592. The van der Waals surface area contributed by atoms with E-state index in [-0.39, 0.29) is 0 Å². The van der Waals surface area contributed by atoms with Gasteiger partial charge in [0.25, 0.3) is 0 Å². The molecule has 2 rings (SSSR count). The first-order chi connectivity index (χ1) is 8.79. The van der Waals surface area contributed by atoms with E-state index < -0.39 is 0 Å². The highest BCUT2D eigenvalue weighted by Gasteiger charge is 2.28. The van der Waals surface area contributed by atoms with Crippen LogP contribution in [0, 0.1) is 11.3 Å². The quantitative estimate of drug-likeness (QED) is 0.747. The summed E-state index contributed by atoms with van der Waals surface area (Å²) in [5, 5.41) is 8.63. The Morgan fingerprint density at radius 3 is 2.89 bits per heavy atom. The second-order valence-electron chi connectivity index (χ2n) is 4.60. The maximum atomic E-state index is 8.63. The summed E-state index contributed by atoms with van der Waals surface area (Å²) in [5.41, 5.74) is 6.41. The topological polar surface area (TPSA) is 62.3 Å². The zero-order valence-electron chi connectivity index (χ0n) is 10.5. The van der Waals surface area contributed by atoms with Crippen molar-refractivity contribution in [2.45, 2.75) is 25.3 Å². The second kappa shape index (κ2) is 6.27. The molecule has 96 valence electrons. The largest absolute Gasteiger partial charge is 0.492 e. The van der Waals surface area contributed by atoms with Crippen LogP contribution in [0.25, 0.3) is 0 Å². The zero-order valence-corrected chi connectivity index (χ0v) is 10.5. The Kier molecular flexibility index (Phi) is 4.43. The van der Waals surface area contributed by atoms with Crippen molar-refractivity contribution in [2.24, 2.45) is 0 Å². The highest BCUT2D eigenvalue weighted by atomic mass is 16.5. The molecule has 1 aliphatic rings. The lowest BCUT2D eigenvalue weighted by Crippen LogP contribution is -2.31. The van der Waals surface area contributed by atoms with E-state index in [0.717, 1.165) is 24.5 Å². The number of hydrogen-bond donors (Lipinski definition) is 1. The summed E-state index contributed by atoms with van der Waals surface area (Å²) in [5.74, 6) is 0.811. The number of rotatable bonds is 7. The molecule has 1 aliphatic carbocycles. The van der Waals surface area contributed by atoms with Crippen LogP contribution in [0.5, 0.6) is 5.75 Å². The van der Waals surface area contributed by atoms with E-state index in [1.54, 1.807) is 0 Å². The average molecular weight is 245 g/mol. The molecule has 1 aromatic rings. The number of nitrogens with zero attached hydrogens (tertiary/aromatic N) is 2. The fraction of sp³-hybridized carbons (Fsp3) is 0.500. The Bertz CT molecular complexity index is 423. The summed E-state index contributed by atoms with van der Waals surface area (Å²) in [7, 11) is 0. The number of nitrogens with two attached hydrogens (primary N) is 1. The van der Waals surface area contributed by atoms with Crippen LogP contribution in [0.15, 0.2) is 24.3 Å². The molecule has 0 aromatic heterocycles. The molecule has 4 nitrogen and oxygen atoms in total. The van der Waals surface area contributed by atoms with Gasteiger partial charge in [0, 0.05) is 37.3 Å². The first-order valence-corrected chi connectivity index (χ1v) is 6.39. The van der Waals surface area contributed by atoms with Crippen molar-refractivity contribution in [3.8, 4) is 11.8 Å². The van der Waals surface area contributed by atoms with Crippen molar-refractivity contribution < 1.29 is 4.74 Å². The molecule has 4 heteroatoms.